The molecule has 7 heteroatoms. The minimum atomic E-state index is -3.71. The van der Waals surface area contributed by atoms with E-state index in [2.05, 4.69) is 4.72 Å². The van der Waals surface area contributed by atoms with Crippen molar-refractivity contribution in [1.29, 1.82) is 5.26 Å². The summed E-state index contributed by atoms with van der Waals surface area (Å²) in [5, 5.41) is 18.9. The quantitative estimate of drug-likeness (QED) is 0.836. The van der Waals surface area contributed by atoms with E-state index >= 15 is 0 Å². The second kappa shape index (κ2) is 5.50. The van der Waals surface area contributed by atoms with Gasteiger partial charge in [-0.1, -0.05) is 0 Å². The van der Waals surface area contributed by atoms with Gasteiger partial charge in [-0.25, -0.2) is 13.1 Å². The Balaban J connectivity index is 2.09. The van der Waals surface area contributed by atoms with Gasteiger partial charge < -0.3 is 9.84 Å². The number of aliphatic hydroxyl groups is 1. The van der Waals surface area contributed by atoms with Gasteiger partial charge in [-0.05, 0) is 31.2 Å². The summed E-state index contributed by atoms with van der Waals surface area (Å²) in [4.78, 5) is 0.0617. The van der Waals surface area contributed by atoms with E-state index in [1.54, 1.807) is 6.92 Å². The number of ether oxygens (including phenoxy) is 1. The summed E-state index contributed by atoms with van der Waals surface area (Å²) in [6.07, 6.45) is -0.0180. The molecule has 20 heavy (non-hydrogen) atoms. The first-order valence-electron chi connectivity index (χ1n) is 6.21. The van der Waals surface area contributed by atoms with Crippen LogP contribution >= 0.6 is 0 Å². The Morgan fingerprint density at radius 1 is 1.50 bits per heavy atom. The van der Waals surface area contributed by atoms with Crippen LogP contribution in [-0.2, 0) is 14.8 Å². The molecule has 2 N–H and O–H groups in total. The average molecular weight is 296 g/mol. The van der Waals surface area contributed by atoms with E-state index in [4.69, 9.17) is 10.00 Å². The minimum absolute atomic E-state index is 0.0617. The molecule has 0 spiro atoms. The van der Waals surface area contributed by atoms with Gasteiger partial charge >= 0.3 is 0 Å². The predicted molar refractivity (Wildman–Crippen MR) is 71.3 cm³/mol. The molecular formula is C13H16N2O4S. The average Bonchev–Trinajstić information content (AvgIpc) is 2.77. The standard InChI is InChI=1S/C13H16N2O4S/c1-10-13(16,6-7-19-10)9-15-20(17,18)12-4-2-11(8-14)3-5-12/h2-5,10,15-16H,6-7,9H2,1H3. The van der Waals surface area contributed by atoms with Crippen molar-refractivity contribution in [3.63, 3.8) is 0 Å². The highest BCUT2D eigenvalue weighted by Gasteiger charge is 2.40. The maximum absolute atomic E-state index is 12.1. The molecule has 0 bridgehead atoms. The minimum Gasteiger partial charge on any atom is -0.386 e. The summed E-state index contributed by atoms with van der Waals surface area (Å²) in [5.41, 5.74) is -0.792. The predicted octanol–water partition coefficient (Wildman–Crippen LogP) is 0.376. The molecule has 0 aliphatic carbocycles. The molecule has 0 radical (unpaired) electrons. The molecule has 1 aliphatic rings. The van der Waals surface area contributed by atoms with E-state index in [-0.39, 0.29) is 11.4 Å². The van der Waals surface area contributed by atoms with Crippen LogP contribution in [0.25, 0.3) is 0 Å². The van der Waals surface area contributed by atoms with Crippen molar-refractivity contribution in [2.75, 3.05) is 13.2 Å². The first kappa shape index (κ1) is 14.9. The number of hydrogen-bond acceptors (Lipinski definition) is 5. The summed E-state index contributed by atoms with van der Waals surface area (Å²) in [6.45, 7) is 2.02. The van der Waals surface area contributed by atoms with Crippen LogP contribution in [0.1, 0.15) is 18.9 Å². The first-order chi connectivity index (χ1) is 9.37. The summed E-state index contributed by atoms with van der Waals surface area (Å²) in [6, 6.07) is 7.51. The van der Waals surface area contributed by atoms with Gasteiger partial charge in [-0.3, -0.25) is 0 Å². The number of sulfonamides is 1. The molecule has 0 amide bonds. The van der Waals surface area contributed by atoms with Crippen molar-refractivity contribution < 1.29 is 18.3 Å². The Hall–Kier alpha value is -1.46. The molecule has 2 unspecified atom stereocenters. The fraction of sp³-hybridized carbons (Fsp3) is 0.462. The summed E-state index contributed by atoms with van der Waals surface area (Å²) in [7, 11) is -3.71. The third-order valence-electron chi connectivity index (χ3n) is 3.52. The zero-order valence-electron chi connectivity index (χ0n) is 11.0. The second-order valence-electron chi connectivity index (χ2n) is 4.83. The van der Waals surface area contributed by atoms with Gasteiger partial charge in [0.25, 0.3) is 0 Å². The molecule has 1 aromatic rings. The number of nitrogens with zero attached hydrogens (tertiary/aromatic N) is 1. The zero-order chi connectivity index (χ0) is 14.8. The molecule has 108 valence electrons. The molecule has 1 saturated heterocycles. The van der Waals surface area contributed by atoms with Gasteiger partial charge in [0.1, 0.15) is 5.60 Å². The lowest BCUT2D eigenvalue weighted by molar-refractivity contribution is -0.0228. The van der Waals surface area contributed by atoms with Crippen molar-refractivity contribution in [1.82, 2.24) is 4.72 Å². The Labute approximate surface area is 118 Å². The number of nitriles is 1. The molecule has 2 atom stereocenters. The second-order valence-corrected chi connectivity index (χ2v) is 6.59. The molecule has 0 aromatic heterocycles. The van der Waals surface area contributed by atoms with Crippen LogP contribution in [-0.4, -0.2) is 38.4 Å². The summed E-state index contributed by atoms with van der Waals surface area (Å²) in [5.74, 6) is 0. The number of nitrogens with one attached hydrogen (secondary N) is 1. The van der Waals surface area contributed by atoms with Crippen molar-refractivity contribution in [3.8, 4) is 6.07 Å². The van der Waals surface area contributed by atoms with Crippen molar-refractivity contribution in [3.05, 3.63) is 29.8 Å². The van der Waals surface area contributed by atoms with Gasteiger partial charge in [0, 0.05) is 19.6 Å². The molecule has 1 aromatic carbocycles. The maximum atomic E-state index is 12.1. The number of hydrogen-bond donors (Lipinski definition) is 2. The van der Waals surface area contributed by atoms with E-state index in [0.29, 0.717) is 18.6 Å². The molecule has 1 aliphatic heterocycles. The topological polar surface area (TPSA) is 99.4 Å². The van der Waals surface area contributed by atoms with Gasteiger partial charge in [-0.2, -0.15) is 5.26 Å². The largest absolute Gasteiger partial charge is 0.386 e. The van der Waals surface area contributed by atoms with Gasteiger partial charge in [-0.15, -0.1) is 0 Å². The van der Waals surface area contributed by atoms with E-state index in [1.807, 2.05) is 6.07 Å². The molecular weight excluding hydrogens is 280 g/mol. The lowest BCUT2D eigenvalue weighted by Gasteiger charge is -2.26. The van der Waals surface area contributed by atoms with Gasteiger partial charge in [0.2, 0.25) is 10.0 Å². The third kappa shape index (κ3) is 2.99. The molecule has 1 fully saturated rings. The van der Waals surface area contributed by atoms with E-state index in [0.717, 1.165) is 0 Å². The van der Waals surface area contributed by atoms with Crippen LogP contribution in [0, 0.1) is 11.3 Å². The Kier molecular flexibility index (Phi) is 4.11. The first-order valence-corrected chi connectivity index (χ1v) is 7.69. The van der Waals surface area contributed by atoms with Crippen LogP contribution in [0.15, 0.2) is 29.2 Å². The monoisotopic (exact) mass is 296 g/mol. The molecule has 0 saturated carbocycles. The van der Waals surface area contributed by atoms with E-state index in [1.165, 1.54) is 24.3 Å². The highest BCUT2D eigenvalue weighted by atomic mass is 32.2. The fourth-order valence-corrected chi connectivity index (χ4v) is 3.12. The Morgan fingerprint density at radius 3 is 2.65 bits per heavy atom. The van der Waals surface area contributed by atoms with E-state index in [9.17, 15) is 13.5 Å². The normalized spacial score (nSPS) is 26.4. The highest BCUT2D eigenvalue weighted by Crippen LogP contribution is 2.25. The summed E-state index contributed by atoms with van der Waals surface area (Å²) >= 11 is 0. The van der Waals surface area contributed by atoms with Crippen molar-refractivity contribution in [2.24, 2.45) is 0 Å². The lowest BCUT2D eigenvalue weighted by atomic mass is 9.97. The summed E-state index contributed by atoms with van der Waals surface area (Å²) < 4.78 is 31.8. The smallest absolute Gasteiger partial charge is 0.240 e. The van der Waals surface area contributed by atoms with Crippen LogP contribution in [0.3, 0.4) is 0 Å². The van der Waals surface area contributed by atoms with Crippen LogP contribution in [0.2, 0.25) is 0 Å². The molecule has 1 heterocycles. The van der Waals surface area contributed by atoms with Crippen LogP contribution in [0.4, 0.5) is 0 Å². The fourth-order valence-electron chi connectivity index (χ4n) is 2.01. The van der Waals surface area contributed by atoms with Gasteiger partial charge in [0.15, 0.2) is 0 Å². The maximum Gasteiger partial charge on any atom is 0.240 e. The third-order valence-corrected chi connectivity index (χ3v) is 4.94. The number of rotatable bonds is 4. The van der Waals surface area contributed by atoms with Crippen LogP contribution < -0.4 is 4.72 Å². The highest BCUT2D eigenvalue weighted by molar-refractivity contribution is 7.89. The molecule has 6 nitrogen and oxygen atoms in total. The zero-order valence-corrected chi connectivity index (χ0v) is 11.9. The van der Waals surface area contributed by atoms with Crippen LogP contribution in [0.5, 0.6) is 0 Å². The number of benzene rings is 1. The Bertz CT molecular complexity index is 621. The SMILES string of the molecule is CC1OCCC1(O)CNS(=O)(=O)c1ccc(C#N)cc1. The Morgan fingerprint density at radius 2 is 2.15 bits per heavy atom. The van der Waals surface area contributed by atoms with Gasteiger partial charge in [0.05, 0.1) is 22.6 Å². The molecule has 2 rings (SSSR count). The lowest BCUT2D eigenvalue weighted by Crippen LogP contribution is -2.47. The van der Waals surface area contributed by atoms with Crippen molar-refractivity contribution in [2.45, 2.75) is 29.9 Å². The van der Waals surface area contributed by atoms with Crippen molar-refractivity contribution >= 4 is 10.0 Å². The van der Waals surface area contributed by atoms with E-state index < -0.39 is 21.7 Å².